The van der Waals surface area contributed by atoms with Gasteiger partial charge in [0.2, 0.25) is 5.91 Å². The quantitative estimate of drug-likeness (QED) is 0.747. The Labute approximate surface area is 117 Å². The number of benzene rings is 1. The van der Waals surface area contributed by atoms with Crippen molar-refractivity contribution in [2.75, 3.05) is 10.6 Å². The van der Waals surface area contributed by atoms with Gasteiger partial charge in [0.15, 0.2) is 5.82 Å². The second kappa shape index (κ2) is 6.06. The summed E-state index contributed by atoms with van der Waals surface area (Å²) in [5.74, 6) is 0.598. The number of nitrogens with one attached hydrogen (secondary N) is 2. The maximum atomic E-state index is 11.8. The van der Waals surface area contributed by atoms with Gasteiger partial charge in [-0.05, 0) is 36.4 Å². The molecule has 1 aromatic carbocycles. The van der Waals surface area contributed by atoms with Crippen molar-refractivity contribution >= 4 is 23.1 Å². The molecule has 3 N–H and O–H groups in total. The van der Waals surface area contributed by atoms with Gasteiger partial charge in [-0.15, -0.1) is 0 Å². The molecule has 0 bridgehead atoms. The van der Waals surface area contributed by atoms with Gasteiger partial charge in [0.05, 0.1) is 5.69 Å². The van der Waals surface area contributed by atoms with Crippen LogP contribution < -0.4 is 10.6 Å². The highest BCUT2D eigenvalue weighted by Crippen LogP contribution is 2.24. The number of amides is 1. The fourth-order valence-corrected chi connectivity index (χ4v) is 1.56. The summed E-state index contributed by atoms with van der Waals surface area (Å²) in [6, 6.07) is 10.2. The number of pyridine rings is 1. The summed E-state index contributed by atoms with van der Waals surface area (Å²) in [6.45, 7) is 3.66. The van der Waals surface area contributed by atoms with Crippen molar-refractivity contribution in [2.24, 2.45) is 5.92 Å². The van der Waals surface area contributed by atoms with Crippen LogP contribution in [0.2, 0.25) is 0 Å². The van der Waals surface area contributed by atoms with Gasteiger partial charge in [-0.2, -0.15) is 0 Å². The maximum absolute atomic E-state index is 11.8. The lowest BCUT2D eigenvalue weighted by molar-refractivity contribution is -0.118. The second-order valence-corrected chi connectivity index (χ2v) is 4.72. The van der Waals surface area contributed by atoms with E-state index in [1.165, 1.54) is 0 Å². The molecule has 5 heteroatoms. The van der Waals surface area contributed by atoms with E-state index in [0.717, 1.165) is 5.69 Å². The number of phenols is 1. The zero-order valence-electron chi connectivity index (χ0n) is 11.4. The molecule has 0 aliphatic rings. The first-order chi connectivity index (χ1) is 9.56. The fourth-order valence-electron chi connectivity index (χ4n) is 1.56. The molecule has 1 amide bonds. The van der Waals surface area contributed by atoms with Crippen LogP contribution in [0.3, 0.4) is 0 Å². The molecular weight excluding hydrogens is 254 g/mol. The van der Waals surface area contributed by atoms with E-state index in [1.54, 1.807) is 42.6 Å². The molecule has 2 rings (SSSR count). The Morgan fingerprint density at radius 3 is 2.55 bits per heavy atom. The first-order valence-corrected chi connectivity index (χ1v) is 6.38. The third kappa shape index (κ3) is 3.47. The average Bonchev–Trinajstić information content (AvgIpc) is 2.43. The van der Waals surface area contributed by atoms with Crippen LogP contribution >= 0.6 is 0 Å². The van der Waals surface area contributed by atoms with Crippen molar-refractivity contribution in [1.82, 2.24) is 4.98 Å². The molecule has 0 aliphatic carbocycles. The van der Waals surface area contributed by atoms with Crippen LogP contribution in [0.25, 0.3) is 0 Å². The number of hydrogen-bond acceptors (Lipinski definition) is 4. The first kappa shape index (κ1) is 13.9. The summed E-state index contributed by atoms with van der Waals surface area (Å²) in [4.78, 5) is 16.0. The van der Waals surface area contributed by atoms with Gasteiger partial charge in [0.25, 0.3) is 0 Å². The van der Waals surface area contributed by atoms with E-state index in [1.807, 2.05) is 13.8 Å². The average molecular weight is 271 g/mol. The number of carbonyl (C=O) groups is 1. The van der Waals surface area contributed by atoms with Gasteiger partial charge in [-0.1, -0.05) is 13.8 Å². The van der Waals surface area contributed by atoms with Crippen LogP contribution in [0.4, 0.5) is 17.2 Å². The SMILES string of the molecule is CC(C)C(=O)Nc1cccnc1Nc1ccc(O)cc1. The van der Waals surface area contributed by atoms with E-state index >= 15 is 0 Å². The monoisotopic (exact) mass is 271 g/mol. The van der Waals surface area contributed by atoms with Crippen molar-refractivity contribution in [1.29, 1.82) is 0 Å². The molecule has 5 nitrogen and oxygen atoms in total. The van der Waals surface area contributed by atoms with E-state index in [-0.39, 0.29) is 17.6 Å². The van der Waals surface area contributed by atoms with Gasteiger partial charge in [0.1, 0.15) is 5.75 Å². The second-order valence-electron chi connectivity index (χ2n) is 4.72. The minimum Gasteiger partial charge on any atom is -0.508 e. The zero-order chi connectivity index (χ0) is 14.5. The van der Waals surface area contributed by atoms with Crippen LogP contribution in [0.5, 0.6) is 5.75 Å². The molecule has 0 saturated heterocycles. The highest BCUT2D eigenvalue weighted by Gasteiger charge is 2.10. The summed E-state index contributed by atoms with van der Waals surface area (Å²) >= 11 is 0. The summed E-state index contributed by atoms with van der Waals surface area (Å²) < 4.78 is 0. The smallest absolute Gasteiger partial charge is 0.227 e. The predicted octanol–water partition coefficient (Wildman–Crippen LogP) is 3.13. The van der Waals surface area contributed by atoms with E-state index in [0.29, 0.717) is 11.5 Å². The molecule has 0 aliphatic heterocycles. The Hall–Kier alpha value is -2.56. The van der Waals surface area contributed by atoms with E-state index < -0.39 is 0 Å². The van der Waals surface area contributed by atoms with Crippen LogP contribution in [0.15, 0.2) is 42.6 Å². The van der Waals surface area contributed by atoms with E-state index in [9.17, 15) is 9.90 Å². The lowest BCUT2D eigenvalue weighted by Gasteiger charge is -2.13. The number of aromatic nitrogens is 1. The number of hydrogen-bond donors (Lipinski definition) is 3. The van der Waals surface area contributed by atoms with Crippen LogP contribution in [0, 0.1) is 5.92 Å². The fraction of sp³-hybridized carbons (Fsp3) is 0.200. The lowest BCUT2D eigenvalue weighted by Crippen LogP contribution is -2.18. The number of anilines is 3. The van der Waals surface area contributed by atoms with Crippen molar-refractivity contribution in [3.63, 3.8) is 0 Å². The maximum Gasteiger partial charge on any atom is 0.227 e. The number of carbonyl (C=O) groups excluding carboxylic acids is 1. The Bertz CT molecular complexity index is 594. The third-order valence-corrected chi connectivity index (χ3v) is 2.72. The minimum absolute atomic E-state index is 0.0632. The van der Waals surface area contributed by atoms with Crippen LogP contribution in [0.1, 0.15) is 13.8 Å². The van der Waals surface area contributed by atoms with Crippen molar-refractivity contribution in [3.05, 3.63) is 42.6 Å². The molecule has 0 spiro atoms. The third-order valence-electron chi connectivity index (χ3n) is 2.72. The van der Waals surface area contributed by atoms with Gasteiger partial charge in [-0.25, -0.2) is 4.98 Å². The largest absolute Gasteiger partial charge is 0.508 e. The highest BCUT2D eigenvalue weighted by molar-refractivity contribution is 5.95. The number of phenolic OH excluding ortho intramolecular Hbond substituents is 1. The topological polar surface area (TPSA) is 74.2 Å². The standard InChI is InChI=1S/C15H17N3O2/c1-10(2)15(20)18-13-4-3-9-16-14(13)17-11-5-7-12(19)8-6-11/h3-10,19H,1-2H3,(H,16,17)(H,18,20). The van der Waals surface area contributed by atoms with Crippen molar-refractivity contribution in [3.8, 4) is 5.75 Å². The highest BCUT2D eigenvalue weighted by atomic mass is 16.3. The van der Waals surface area contributed by atoms with E-state index in [2.05, 4.69) is 15.6 Å². The molecule has 1 aromatic heterocycles. The molecule has 104 valence electrons. The summed E-state index contributed by atoms with van der Waals surface area (Å²) in [5, 5.41) is 15.2. The Balaban J connectivity index is 2.19. The summed E-state index contributed by atoms with van der Waals surface area (Å²) in [7, 11) is 0. The van der Waals surface area contributed by atoms with E-state index in [4.69, 9.17) is 0 Å². The molecule has 0 saturated carbocycles. The molecule has 20 heavy (non-hydrogen) atoms. The number of nitrogens with zero attached hydrogens (tertiary/aromatic N) is 1. The molecule has 0 atom stereocenters. The van der Waals surface area contributed by atoms with Crippen molar-refractivity contribution in [2.45, 2.75) is 13.8 Å². The van der Waals surface area contributed by atoms with Gasteiger partial charge < -0.3 is 15.7 Å². The van der Waals surface area contributed by atoms with Gasteiger partial charge in [-0.3, -0.25) is 4.79 Å². The molecule has 1 heterocycles. The molecular formula is C15H17N3O2. The summed E-state index contributed by atoms with van der Waals surface area (Å²) in [5.41, 5.74) is 1.40. The zero-order valence-corrected chi connectivity index (χ0v) is 11.4. The van der Waals surface area contributed by atoms with Gasteiger partial charge in [0, 0.05) is 17.8 Å². The van der Waals surface area contributed by atoms with Crippen LogP contribution in [-0.2, 0) is 4.79 Å². The molecule has 2 aromatic rings. The lowest BCUT2D eigenvalue weighted by atomic mass is 10.2. The Kier molecular flexibility index (Phi) is 4.20. The number of aromatic hydroxyl groups is 1. The number of rotatable bonds is 4. The predicted molar refractivity (Wildman–Crippen MR) is 79.1 cm³/mol. The van der Waals surface area contributed by atoms with Crippen molar-refractivity contribution < 1.29 is 9.90 Å². The molecule has 0 fully saturated rings. The first-order valence-electron chi connectivity index (χ1n) is 6.38. The van der Waals surface area contributed by atoms with Gasteiger partial charge >= 0.3 is 0 Å². The molecule has 0 radical (unpaired) electrons. The van der Waals surface area contributed by atoms with Crippen LogP contribution in [-0.4, -0.2) is 16.0 Å². The Morgan fingerprint density at radius 1 is 1.20 bits per heavy atom. The minimum atomic E-state index is -0.100. The normalized spacial score (nSPS) is 10.3. The summed E-state index contributed by atoms with van der Waals surface area (Å²) in [6.07, 6.45) is 1.65. The Morgan fingerprint density at radius 2 is 1.90 bits per heavy atom. The molecule has 0 unspecified atom stereocenters.